The van der Waals surface area contributed by atoms with Gasteiger partial charge in [-0.25, -0.2) is 18.4 Å². The minimum atomic E-state index is -3.86. The molecular formula is C25H33N5O7S. The monoisotopic (exact) mass is 547 g/mol. The Morgan fingerprint density at radius 3 is 2.37 bits per heavy atom. The topological polar surface area (TPSA) is 137 Å². The highest BCUT2D eigenvalue weighted by molar-refractivity contribution is 7.91. The van der Waals surface area contributed by atoms with E-state index >= 15 is 0 Å². The molecular weight excluding hydrogens is 514 g/mol. The van der Waals surface area contributed by atoms with Crippen molar-refractivity contribution in [2.75, 3.05) is 40.6 Å². The number of aryl methyl sites for hydroxylation is 1. The fourth-order valence-corrected chi connectivity index (χ4v) is 5.60. The number of aromatic nitrogens is 5. The van der Waals surface area contributed by atoms with Gasteiger partial charge in [0.15, 0.2) is 27.3 Å². The minimum Gasteiger partial charge on any atom is -0.494 e. The summed E-state index contributed by atoms with van der Waals surface area (Å²) in [7, 11) is -0.816. The molecule has 0 radical (unpaired) electrons. The third-order valence-corrected chi connectivity index (χ3v) is 8.25. The summed E-state index contributed by atoms with van der Waals surface area (Å²) in [6.45, 7) is 6.61. The Morgan fingerprint density at radius 2 is 1.79 bits per heavy atom. The zero-order chi connectivity index (χ0) is 27.3. The summed E-state index contributed by atoms with van der Waals surface area (Å²) in [5.74, 6) is 1.32. The molecule has 2 aromatic heterocycles. The molecule has 1 aliphatic rings. The quantitative estimate of drug-likeness (QED) is 0.350. The smallest absolute Gasteiger partial charge is 0.169 e. The molecule has 0 N–H and O–H groups in total. The van der Waals surface area contributed by atoms with E-state index in [0.29, 0.717) is 48.7 Å². The van der Waals surface area contributed by atoms with E-state index in [0.717, 1.165) is 5.56 Å². The largest absolute Gasteiger partial charge is 0.494 e. The Labute approximate surface area is 222 Å². The molecule has 13 heteroatoms. The van der Waals surface area contributed by atoms with Gasteiger partial charge in [0.1, 0.15) is 35.1 Å². The summed E-state index contributed by atoms with van der Waals surface area (Å²) < 4.78 is 57.7. The van der Waals surface area contributed by atoms with E-state index in [1.165, 1.54) is 14.2 Å². The molecule has 0 amide bonds. The Hall–Kier alpha value is -3.13. The van der Waals surface area contributed by atoms with Gasteiger partial charge in [-0.05, 0) is 38.5 Å². The van der Waals surface area contributed by atoms with Gasteiger partial charge >= 0.3 is 0 Å². The lowest BCUT2D eigenvalue weighted by molar-refractivity contribution is -0.0942. The number of rotatable bonds is 11. The highest BCUT2D eigenvalue weighted by atomic mass is 32.2. The molecule has 0 aliphatic carbocycles. The van der Waals surface area contributed by atoms with Crippen molar-refractivity contribution in [1.29, 1.82) is 0 Å². The van der Waals surface area contributed by atoms with E-state index < -0.39 is 33.0 Å². The predicted molar refractivity (Wildman–Crippen MR) is 137 cm³/mol. The lowest BCUT2D eigenvalue weighted by atomic mass is 10.2. The molecule has 38 heavy (non-hydrogen) atoms. The zero-order valence-electron chi connectivity index (χ0n) is 22.2. The van der Waals surface area contributed by atoms with E-state index in [2.05, 4.69) is 20.2 Å². The van der Waals surface area contributed by atoms with Crippen LogP contribution in [0, 0.1) is 6.92 Å². The molecule has 0 spiro atoms. The van der Waals surface area contributed by atoms with E-state index in [4.69, 9.17) is 23.7 Å². The number of methoxy groups -OCH3 is 2. The van der Waals surface area contributed by atoms with Crippen LogP contribution in [0.2, 0.25) is 0 Å². The van der Waals surface area contributed by atoms with Crippen molar-refractivity contribution < 1.29 is 32.1 Å². The molecule has 3 heterocycles. The number of hydrogen-bond acceptors (Lipinski definition) is 11. The number of hydrogen-bond donors (Lipinski definition) is 0. The third kappa shape index (κ3) is 5.80. The maximum absolute atomic E-state index is 13.8. The second kappa shape index (κ2) is 12.2. The summed E-state index contributed by atoms with van der Waals surface area (Å²) in [4.78, 5) is 8.63. The van der Waals surface area contributed by atoms with Crippen LogP contribution in [0.1, 0.15) is 49.1 Å². The lowest BCUT2D eigenvalue weighted by Crippen LogP contribution is -2.31. The minimum absolute atomic E-state index is 0.170. The number of nitrogens with zero attached hydrogens (tertiary/aromatic N) is 5. The van der Waals surface area contributed by atoms with Gasteiger partial charge in [0.25, 0.3) is 0 Å². The molecule has 12 nitrogen and oxygen atoms in total. The van der Waals surface area contributed by atoms with E-state index in [1.54, 1.807) is 49.0 Å². The molecule has 3 atom stereocenters. The van der Waals surface area contributed by atoms with Crippen LogP contribution in [0.15, 0.2) is 30.6 Å². The Kier molecular flexibility index (Phi) is 8.92. The van der Waals surface area contributed by atoms with Crippen LogP contribution in [-0.2, 0) is 29.8 Å². The van der Waals surface area contributed by atoms with E-state index in [-0.39, 0.29) is 12.4 Å². The maximum atomic E-state index is 13.8. The van der Waals surface area contributed by atoms with Gasteiger partial charge in [-0.1, -0.05) is 6.07 Å². The molecule has 0 bridgehead atoms. The van der Waals surface area contributed by atoms with Crippen LogP contribution >= 0.6 is 0 Å². The van der Waals surface area contributed by atoms with Gasteiger partial charge in [-0.2, -0.15) is 0 Å². The number of para-hydroxylation sites is 1. The first-order chi connectivity index (χ1) is 18.3. The van der Waals surface area contributed by atoms with Gasteiger partial charge in [0.05, 0.1) is 39.3 Å². The SMILES string of the molecule is CCO[C@H](c1ncc(C)cn1)[C@H](C)S(=O)(=O)Cc1nnc([C@H]2COCCO2)n1-c1c(OC)cccc1OC. The van der Waals surface area contributed by atoms with Crippen molar-refractivity contribution in [3.63, 3.8) is 0 Å². The average molecular weight is 548 g/mol. The normalized spacial score (nSPS) is 17.7. The molecule has 0 saturated carbocycles. The summed E-state index contributed by atoms with van der Waals surface area (Å²) in [6, 6.07) is 5.28. The predicted octanol–water partition coefficient (Wildman–Crippen LogP) is 2.55. The standard InChI is InChI=1S/C25H33N5O7S/c1-6-36-23(24-26-12-16(2)13-27-24)17(3)38(31,32)15-21-28-29-25(20-14-35-10-11-37-20)30(21)22-18(33-4)8-7-9-19(22)34-5/h7-9,12-13,17,20,23H,6,10-11,14-15H2,1-5H3/t17-,20+,23-/m0/s1. The van der Waals surface area contributed by atoms with Crippen LogP contribution in [-0.4, -0.2) is 79.0 Å². The Bertz CT molecular complexity index is 1300. The molecule has 1 aliphatic heterocycles. The third-order valence-electron chi connectivity index (χ3n) is 6.21. The molecule has 1 saturated heterocycles. The molecule has 4 rings (SSSR count). The van der Waals surface area contributed by atoms with E-state index in [9.17, 15) is 8.42 Å². The first-order valence-corrected chi connectivity index (χ1v) is 14.0. The van der Waals surface area contributed by atoms with Gasteiger partial charge in [-0.3, -0.25) is 4.57 Å². The molecule has 3 aromatic rings. The average Bonchev–Trinajstić information content (AvgIpc) is 3.34. The fraction of sp³-hybridized carbons (Fsp3) is 0.520. The van der Waals surface area contributed by atoms with Crippen LogP contribution in [0.5, 0.6) is 11.5 Å². The summed E-state index contributed by atoms with van der Waals surface area (Å²) in [5, 5.41) is 7.65. The van der Waals surface area contributed by atoms with Crippen LogP contribution in [0.3, 0.4) is 0 Å². The Morgan fingerprint density at radius 1 is 1.11 bits per heavy atom. The molecule has 206 valence electrons. The fourth-order valence-electron chi connectivity index (χ4n) is 4.21. The van der Waals surface area contributed by atoms with E-state index in [1.807, 2.05) is 6.92 Å². The molecule has 1 aromatic carbocycles. The van der Waals surface area contributed by atoms with Crippen LogP contribution in [0.25, 0.3) is 5.69 Å². The van der Waals surface area contributed by atoms with Gasteiger partial charge in [-0.15, -0.1) is 10.2 Å². The first-order valence-electron chi connectivity index (χ1n) is 12.3. The van der Waals surface area contributed by atoms with Crippen molar-refractivity contribution in [2.24, 2.45) is 0 Å². The van der Waals surface area contributed by atoms with Crippen LogP contribution in [0.4, 0.5) is 0 Å². The summed E-state index contributed by atoms with van der Waals surface area (Å²) in [5.41, 5.74) is 1.33. The van der Waals surface area contributed by atoms with Crippen molar-refractivity contribution in [1.82, 2.24) is 24.7 Å². The van der Waals surface area contributed by atoms with Crippen molar-refractivity contribution in [3.8, 4) is 17.2 Å². The Balaban J connectivity index is 1.78. The highest BCUT2D eigenvalue weighted by Crippen LogP contribution is 2.37. The summed E-state index contributed by atoms with van der Waals surface area (Å²) in [6.07, 6.45) is 1.85. The second-order valence-electron chi connectivity index (χ2n) is 8.76. The first kappa shape index (κ1) is 27.9. The molecule has 0 unspecified atom stereocenters. The highest BCUT2D eigenvalue weighted by Gasteiger charge is 2.36. The zero-order valence-corrected chi connectivity index (χ0v) is 23.0. The maximum Gasteiger partial charge on any atom is 0.169 e. The van der Waals surface area contributed by atoms with Gasteiger partial charge in [0.2, 0.25) is 0 Å². The van der Waals surface area contributed by atoms with Gasteiger partial charge < -0.3 is 23.7 Å². The van der Waals surface area contributed by atoms with Crippen LogP contribution < -0.4 is 9.47 Å². The van der Waals surface area contributed by atoms with Crippen molar-refractivity contribution in [3.05, 3.63) is 53.6 Å². The lowest BCUT2D eigenvalue weighted by Gasteiger charge is -2.25. The van der Waals surface area contributed by atoms with Crippen molar-refractivity contribution >= 4 is 9.84 Å². The summed E-state index contributed by atoms with van der Waals surface area (Å²) >= 11 is 0. The number of ether oxygens (including phenoxy) is 5. The van der Waals surface area contributed by atoms with Gasteiger partial charge in [0, 0.05) is 19.0 Å². The second-order valence-corrected chi connectivity index (χ2v) is 11.1. The number of sulfone groups is 1. The molecule has 1 fully saturated rings. The van der Waals surface area contributed by atoms with Crippen molar-refractivity contribution in [2.45, 2.75) is 44.0 Å². The number of benzene rings is 1.